The number of ether oxygens (including phenoxy) is 2. The third-order valence-electron chi connectivity index (χ3n) is 7.53. The van der Waals surface area contributed by atoms with Crippen LogP contribution in [-0.4, -0.2) is 56.1 Å². The molecule has 0 saturated carbocycles. The van der Waals surface area contributed by atoms with Crippen molar-refractivity contribution in [2.24, 2.45) is 0 Å². The number of hydrogen-bond donors (Lipinski definition) is 0. The molecular weight excluding hydrogens is 494 g/mol. The third kappa shape index (κ3) is 5.60. The Balaban J connectivity index is 1.23. The number of hydrogen-bond acceptors (Lipinski definition) is 5. The summed E-state index contributed by atoms with van der Waals surface area (Å²) in [5.74, 6) is 0.418. The van der Waals surface area contributed by atoms with Crippen LogP contribution in [0.15, 0.2) is 72.8 Å². The molecule has 0 spiro atoms. The largest absolute Gasteiger partial charge is 0.496 e. The smallest absolute Gasteiger partial charge is 0.414 e. The molecule has 2 aliphatic heterocycles. The van der Waals surface area contributed by atoms with Crippen molar-refractivity contribution < 1.29 is 23.9 Å². The van der Waals surface area contributed by atoms with Crippen molar-refractivity contribution in [2.45, 2.75) is 38.3 Å². The lowest BCUT2D eigenvalue weighted by molar-refractivity contribution is -0.119. The third-order valence-corrected chi connectivity index (χ3v) is 7.53. The topological polar surface area (TPSA) is 79.4 Å². The van der Waals surface area contributed by atoms with E-state index in [1.165, 1.54) is 17.6 Å². The van der Waals surface area contributed by atoms with Crippen molar-refractivity contribution in [1.82, 2.24) is 4.90 Å². The maximum Gasteiger partial charge on any atom is 0.414 e. The Labute approximate surface area is 228 Å². The highest BCUT2D eigenvalue weighted by Crippen LogP contribution is 2.33. The summed E-state index contributed by atoms with van der Waals surface area (Å²) < 4.78 is 11.0. The van der Waals surface area contributed by atoms with Crippen molar-refractivity contribution in [3.8, 4) is 5.75 Å². The van der Waals surface area contributed by atoms with Crippen LogP contribution in [0, 0.1) is 0 Å². The molecule has 39 heavy (non-hydrogen) atoms. The van der Waals surface area contributed by atoms with Crippen LogP contribution in [0.2, 0.25) is 0 Å². The summed E-state index contributed by atoms with van der Waals surface area (Å²) in [6.45, 7) is 1.26. The molecule has 0 bridgehead atoms. The molecule has 202 valence electrons. The Morgan fingerprint density at radius 2 is 1.67 bits per heavy atom. The first kappa shape index (κ1) is 26.3. The molecule has 0 N–H and O–H groups in total. The Morgan fingerprint density at radius 1 is 0.949 bits per heavy atom. The number of para-hydroxylation sites is 1. The second-order valence-corrected chi connectivity index (χ2v) is 9.90. The van der Waals surface area contributed by atoms with Crippen LogP contribution >= 0.6 is 0 Å². The molecule has 0 aromatic heterocycles. The molecule has 0 radical (unpaired) electrons. The highest BCUT2D eigenvalue weighted by molar-refractivity contribution is 5.99. The number of anilines is 2. The molecule has 2 aliphatic rings. The average molecular weight is 528 g/mol. The molecule has 5 rings (SSSR count). The highest BCUT2D eigenvalue weighted by Gasteiger charge is 2.34. The monoisotopic (exact) mass is 527 g/mol. The summed E-state index contributed by atoms with van der Waals surface area (Å²) in [5.41, 5.74) is 4.10. The SMILES string of the molecule is COc1cc(N(C)C(=O)OCc2ccccc2)ccc1C(=O)N1CCC(N2C(=O)CCc3ccccc32)CC1. The van der Waals surface area contributed by atoms with Crippen molar-refractivity contribution in [3.63, 3.8) is 0 Å². The number of benzene rings is 3. The Morgan fingerprint density at radius 3 is 2.41 bits per heavy atom. The predicted octanol–water partition coefficient (Wildman–Crippen LogP) is 5.05. The van der Waals surface area contributed by atoms with Crippen LogP contribution in [0.25, 0.3) is 0 Å². The number of carbonyl (C=O) groups is 3. The average Bonchev–Trinajstić information content (AvgIpc) is 2.99. The fourth-order valence-electron chi connectivity index (χ4n) is 5.34. The van der Waals surface area contributed by atoms with Crippen LogP contribution in [0.5, 0.6) is 5.75 Å². The van der Waals surface area contributed by atoms with Gasteiger partial charge in [0, 0.05) is 44.4 Å². The maximum absolute atomic E-state index is 13.5. The lowest BCUT2D eigenvalue weighted by Gasteiger charge is -2.41. The zero-order valence-corrected chi connectivity index (χ0v) is 22.3. The van der Waals surface area contributed by atoms with E-state index in [-0.39, 0.29) is 24.5 Å². The fourth-order valence-corrected chi connectivity index (χ4v) is 5.34. The van der Waals surface area contributed by atoms with Gasteiger partial charge in [-0.3, -0.25) is 14.5 Å². The van der Waals surface area contributed by atoms with Gasteiger partial charge in [0.15, 0.2) is 0 Å². The number of piperidine rings is 1. The van der Waals surface area contributed by atoms with Gasteiger partial charge in [-0.15, -0.1) is 0 Å². The molecule has 8 nitrogen and oxygen atoms in total. The van der Waals surface area contributed by atoms with Gasteiger partial charge in [-0.25, -0.2) is 4.79 Å². The molecular formula is C31H33N3O5. The van der Waals surface area contributed by atoms with Gasteiger partial charge in [-0.2, -0.15) is 0 Å². The summed E-state index contributed by atoms with van der Waals surface area (Å²) >= 11 is 0. The molecule has 2 heterocycles. The number of likely N-dealkylation sites (tertiary alicyclic amines) is 1. The Bertz CT molecular complexity index is 1350. The predicted molar refractivity (Wildman–Crippen MR) is 149 cm³/mol. The van der Waals surface area contributed by atoms with E-state index in [1.54, 1.807) is 25.2 Å². The Hall–Kier alpha value is -4.33. The lowest BCUT2D eigenvalue weighted by Crippen LogP contribution is -2.50. The molecule has 1 saturated heterocycles. The maximum atomic E-state index is 13.5. The van der Waals surface area contributed by atoms with Gasteiger partial charge in [0.1, 0.15) is 12.4 Å². The van der Waals surface area contributed by atoms with Crippen LogP contribution in [0.4, 0.5) is 16.2 Å². The standard InChI is InChI=1S/C31H33N3O5/c1-32(31(37)39-21-22-8-4-3-5-9-22)25-13-14-26(28(20-25)38-2)30(36)33-18-16-24(17-19-33)34-27-11-7-6-10-23(27)12-15-29(34)35/h3-11,13-14,20,24H,12,15-19,21H2,1-2H3. The van der Waals surface area contributed by atoms with E-state index in [0.29, 0.717) is 49.4 Å². The van der Waals surface area contributed by atoms with E-state index in [4.69, 9.17) is 9.47 Å². The summed E-state index contributed by atoms with van der Waals surface area (Å²) in [5, 5.41) is 0. The summed E-state index contributed by atoms with van der Waals surface area (Å²) in [7, 11) is 3.13. The van der Waals surface area contributed by atoms with Gasteiger partial charge in [-0.1, -0.05) is 48.5 Å². The normalized spacial score (nSPS) is 15.5. The number of methoxy groups -OCH3 is 1. The second kappa shape index (κ2) is 11.6. The van der Waals surface area contributed by atoms with Crippen LogP contribution in [-0.2, 0) is 22.6 Å². The second-order valence-electron chi connectivity index (χ2n) is 9.90. The highest BCUT2D eigenvalue weighted by atomic mass is 16.6. The molecule has 8 heteroatoms. The molecule has 0 unspecified atom stereocenters. The first-order valence-corrected chi connectivity index (χ1v) is 13.3. The van der Waals surface area contributed by atoms with Crippen molar-refractivity contribution >= 4 is 29.3 Å². The molecule has 3 aromatic carbocycles. The Kier molecular flexibility index (Phi) is 7.81. The number of carbonyl (C=O) groups excluding carboxylic acids is 3. The zero-order valence-electron chi connectivity index (χ0n) is 22.3. The van der Waals surface area contributed by atoms with E-state index in [1.807, 2.05) is 58.3 Å². The zero-order chi connectivity index (χ0) is 27.4. The van der Waals surface area contributed by atoms with E-state index in [2.05, 4.69) is 6.07 Å². The van der Waals surface area contributed by atoms with Crippen molar-refractivity contribution in [1.29, 1.82) is 0 Å². The number of rotatable bonds is 6. The van der Waals surface area contributed by atoms with E-state index in [9.17, 15) is 14.4 Å². The summed E-state index contributed by atoms with van der Waals surface area (Å²) in [4.78, 5) is 44.0. The van der Waals surface area contributed by atoms with Gasteiger partial charge < -0.3 is 19.3 Å². The summed E-state index contributed by atoms with van der Waals surface area (Å²) in [6, 6.07) is 22.7. The van der Waals surface area contributed by atoms with Crippen LogP contribution in [0.3, 0.4) is 0 Å². The van der Waals surface area contributed by atoms with Crippen molar-refractivity contribution in [3.05, 3.63) is 89.5 Å². The number of aryl methyl sites for hydroxylation is 1. The van der Waals surface area contributed by atoms with E-state index >= 15 is 0 Å². The minimum Gasteiger partial charge on any atom is -0.496 e. The molecule has 3 amide bonds. The van der Waals surface area contributed by atoms with Gasteiger partial charge in [0.25, 0.3) is 5.91 Å². The van der Waals surface area contributed by atoms with E-state index < -0.39 is 6.09 Å². The molecule has 0 aliphatic carbocycles. The van der Waals surface area contributed by atoms with Gasteiger partial charge in [-0.05, 0) is 48.6 Å². The van der Waals surface area contributed by atoms with Crippen LogP contribution < -0.4 is 14.5 Å². The fraction of sp³-hybridized carbons (Fsp3) is 0.323. The van der Waals surface area contributed by atoms with Gasteiger partial charge in [0.2, 0.25) is 5.91 Å². The van der Waals surface area contributed by atoms with Gasteiger partial charge in [0.05, 0.1) is 18.4 Å². The number of nitrogens with zero attached hydrogens (tertiary/aromatic N) is 3. The van der Waals surface area contributed by atoms with Crippen LogP contribution in [0.1, 0.15) is 40.7 Å². The quantitative estimate of drug-likeness (QED) is 0.448. The molecule has 0 atom stereocenters. The molecule has 1 fully saturated rings. The minimum absolute atomic E-state index is 0.0721. The minimum atomic E-state index is -0.504. The summed E-state index contributed by atoms with van der Waals surface area (Å²) in [6.07, 6.45) is 2.22. The van der Waals surface area contributed by atoms with Crippen molar-refractivity contribution in [2.75, 3.05) is 37.0 Å². The first-order valence-electron chi connectivity index (χ1n) is 13.3. The number of fused-ring (bicyclic) bond motifs is 1. The van der Waals surface area contributed by atoms with Gasteiger partial charge >= 0.3 is 6.09 Å². The number of amides is 3. The van der Waals surface area contributed by atoms with E-state index in [0.717, 1.165) is 17.7 Å². The molecule has 3 aromatic rings. The lowest BCUT2D eigenvalue weighted by atomic mass is 9.95. The first-order chi connectivity index (χ1) is 19.0.